The third-order valence-electron chi connectivity index (χ3n) is 9.85. The quantitative estimate of drug-likeness (QED) is 0.253. The summed E-state index contributed by atoms with van der Waals surface area (Å²) in [4.78, 5) is 54.5. The highest BCUT2D eigenvalue weighted by Crippen LogP contribution is 2.51. The lowest BCUT2D eigenvalue weighted by molar-refractivity contribution is -0.157. The Bertz CT molecular complexity index is 1310. The molecule has 41 heavy (non-hydrogen) atoms. The summed E-state index contributed by atoms with van der Waals surface area (Å²) in [6, 6.07) is 0.0925. The van der Waals surface area contributed by atoms with Gasteiger partial charge < -0.3 is 26.7 Å². The SMILES string of the molecule is CN(C)C1C(=O)C(C(N)=O)C(=N)C2(O)C(=O)C3C(=O)c4c(O)cc(CNCC5CCCCCC5)c(F)c4CC3CC12. The second kappa shape index (κ2) is 11.0. The van der Waals surface area contributed by atoms with Crippen molar-refractivity contribution in [3.63, 3.8) is 0 Å². The van der Waals surface area contributed by atoms with Gasteiger partial charge in [-0.2, -0.15) is 0 Å². The van der Waals surface area contributed by atoms with Gasteiger partial charge in [-0.15, -0.1) is 0 Å². The number of aromatic hydroxyl groups is 1. The molecule has 0 aliphatic heterocycles. The molecule has 5 rings (SSSR count). The molecule has 0 aromatic heterocycles. The van der Waals surface area contributed by atoms with Crippen molar-refractivity contribution >= 4 is 29.0 Å². The van der Waals surface area contributed by atoms with Crippen molar-refractivity contribution in [2.75, 3.05) is 20.6 Å². The van der Waals surface area contributed by atoms with Crippen molar-refractivity contribution in [3.8, 4) is 5.75 Å². The number of primary amides is 1. The van der Waals surface area contributed by atoms with E-state index in [0.29, 0.717) is 5.92 Å². The average molecular weight is 571 g/mol. The second-order valence-corrected chi connectivity index (χ2v) is 12.5. The summed E-state index contributed by atoms with van der Waals surface area (Å²) in [7, 11) is 3.11. The number of hydrogen-bond donors (Lipinski definition) is 5. The predicted molar refractivity (Wildman–Crippen MR) is 147 cm³/mol. The zero-order chi connectivity index (χ0) is 29.8. The monoisotopic (exact) mass is 570 g/mol. The van der Waals surface area contributed by atoms with Crippen LogP contribution in [-0.4, -0.2) is 76.4 Å². The van der Waals surface area contributed by atoms with E-state index in [0.717, 1.165) is 19.4 Å². The molecule has 1 aromatic carbocycles. The van der Waals surface area contributed by atoms with Crippen molar-refractivity contribution in [2.45, 2.75) is 69.6 Å². The van der Waals surface area contributed by atoms with Crippen molar-refractivity contribution in [1.82, 2.24) is 10.2 Å². The number of nitrogens with zero attached hydrogens (tertiary/aromatic N) is 1. The van der Waals surface area contributed by atoms with Crippen LogP contribution in [0.2, 0.25) is 0 Å². The summed E-state index contributed by atoms with van der Waals surface area (Å²) in [5.41, 5.74) is 1.96. The second-order valence-electron chi connectivity index (χ2n) is 12.5. The van der Waals surface area contributed by atoms with Crippen molar-refractivity contribution in [1.29, 1.82) is 5.41 Å². The van der Waals surface area contributed by atoms with Crippen LogP contribution in [0.1, 0.15) is 66.4 Å². The number of halogens is 1. The number of likely N-dealkylation sites (N-methyl/N-ethyl adjacent to an activating group) is 1. The van der Waals surface area contributed by atoms with Crippen LogP contribution in [0.5, 0.6) is 5.75 Å². The lowest BCUT2D eigenvalue weighted by atomic mass is 9.52. The zero-order valence-corrected chi connectivity index (χ0v) is 23.5. The molecule has 0 radical (unpaired) electrons. The number of carbonyl (C=O) groups excluding carboxylic acids is 4. The predicted octanol–water partition coefficient (Wildman–Crippen LogP) is 1.52. The Balaban J connectivity index is 1.46. The van der Waals surface area contributed by atoms with E-state index in [1.165, 1.54) is 36.6 Å². The van der Waals surface area contributed by atoms with E-state index in [9.17, 15) is 29.4 Å². The Morgan fingerprint density at radius 3 is 2.46 bits per heavy atom. The van der Waals surface area contributed by atoms with Gasteiger partial charge in [0.2, 0.25) is 5.91 Å². The fourth-order valence-electron chi connectivity index (χ4n) is 7.87. The van der Waals surface area contributed by atoms with Crippen LogP contribution in [0.25, 0.3) is 0 Å². The Hall–Kier alpha value is -3.02. The molecule has 0 saturated heterocycles. The van der Waals surface area contributed by atoms with Gasteiger partial charge in [-0.05, 0) is 64.2 Å². The van der Waals surface area contributed by atoms with E-state index in [2.05, 4.69) is 5.32 Å². The number of benzene rings is 1. The maximum absolute atomic E-state index is 15.9. The van der Waals surface area contributed by atoms with Crippen LogP contribution in [0.3, 0.4) is 0 Å². The van der Waals surface area contributed by atoms with Gasteiger partial charge in [-0.3, -0.25) is 24.1 Å². The molecule has 1 amide bonds. The maximum atomic E-state index is 15.9. The molecule has 0 heterocycles. The summed E-state index contributed by atoms with van der Waals surface area (Å²) in [5.74, 6) is -9.39. The number of amides is 1. The minimum Gasteiger partial charge on any atom is -0.507 e. The summed E-state index contributed by atoms with van der Waals surface area (Å²) in [6.45, 7) is 0.906. The smallest absolute Gasteiger partial charge is 0.233 e. The van der Waals surface area contributed by atoms with Gasteiger partial charge in [-0.1, -0.05) is 25.7 Å². The first-order valence-electron chi connectivity index (χ1n) is 14.5. The molecule has 3 saturated carbocycles. The number of Topliss-reactive ketones (excluding diaryl/α,β-unsaturated/α-hetero) is 3. The largest absolute Gasteiger partial charge is 0.507 e. The summed E-state index contributed by atoms with van der Waals surface area (Å²) in [5, 5.41) is 34.4. The number of rotatable bonds is 6. The molecule has 3 fully saturated rings. The van der Waals surface area contributed by atoms with Crippen molar-refractivity contribution in [3.05, 3.63) is 28.6 Å². The van der Waals surface area contributed by atoms with Crippen LogP contribution >= 0.6 is 0 Å². The zero-order valence-electron chi connectivity index (χ0n) is 23.5. The average Bonchev–Trinajstić information content (AvgIpc) is 3.17. The molecular weight excluding hydrogens is 531 g/mol. The van der Waals surface area contributed by atoms with Crippen LogP contribution in [-0.2, 0) is 27.3 Å². The number of fused-ring (bicyclic) bond motifs is 3. The first-order valence-corrected chi connectivity index (χ1v) is 14.5. The lowest BCUT2D eigenvalue weighted by Crippen LogP contribution is -2.73. The van der Waals surface area contributed by atoms with E-state index >= 15 is 4.39 Å². The van der Waals surface area contributed by atoms with Crippen LogP contribution in [0, 0.1) is 40.8 Å². The highest BCUT2D eigenvalue weighted by molar-refractivity contribution is 6.33. The van der Waals surface area contributed by atoms with Crippen molar-refractivity contribution < 1.29 is 33.8 Å². The molecule has 1 aromatic rings. The first kappa shape index (κ1) is 29.5. The highest BCUT2D eigenvalue weighted by atomic mass is 19.1. The molecular formula is C30H39FN4O6. The molecule has 6 unspecified atom stereocenters. The van der Waals surface area contributed by atoms with E-state index in [1.807, 2.05) is 0 Å². The Labute approximate surface area is 238 Å². The van der Waals surface area contributed by atoms with Gasteiger partial charge in [0.1, 0.15) is 17.5 Å². The number of nitrogens with two attached hydrogens (primary N) is 1. The van der Waals surface area contributed by atoms with E-state index in [1.54, 1.807) is 14.1 Å². The Kier molecular flexibility index (Phi) is 7.90. The van der Waals surface area contributed by atoms with Crippen LogP contribution in [0.15, 0.2) is 6.07 Å². The van der Waals surface area contributed by atoms with E-state index in [-0.39, 0.29) is 36.1 Å². The number of hydrogen-bond acceptors (Lipinski definition) is 9. The normalized spacial score (nSPS) is 32.4. The van der Waals surface area contributed by atoms with E-state index < -0.39 is 75.8 Å². The standard InChI is InChI=1S/C30H39FN4O6/c1-35(2)24-18-10-15-9-17-21(19(36)11-16(23(17)31)13-34-12-14-7-5-3-4-6-8-14)25(37)20(15)28(39)30(18,41)27(32)22(26(24)38)29(33)40/h11,14-15,18,20,22,24,32,34,36,41H,3-10,12-13H2,1-2H3,(H2,33,40). The maximum Gasteiger partial charge on any atom is 0.233 e. The minimum absolute atomic E-state index is 0.0226. The number of nitrogens with one attached hydrogen (secondary N) is 2. The number of phenolic OH excluding ortho intramolecular Hbond substituents is 1. The molecule has 11 heteroatoms. The fourth-order valence-corrected chi connectivity index (χ4v) is 7.87. The molecule has 6 atom stereocenters. The van der Waals surface area contributed by atoms with E-state index in [4.69, 9.17) is 11.1 Å². The summed E-state index contributed by atoms with van der Waals surface area (Å²) >= 11 is 0. The molecule has 4 aliphatic rings. The molecule has 0 spiro atoms. The topological polar surface area (TPSA) is 174 Å². The van der Waals surface area contributed by atoms with Gasteiger partial charge in [0.05, 0.1) is 23.2 Å². The van der Waals surface area contributed by atoms with Gasteiger partial charge in [0, 0.05) is 23.6 Å². The molecule has 222 valence electrons. The van der Waals surface area contributed by atoms with Gasteiger partial charge in [0.15, 0.2) is 23.0 Å². The fraction of sp³-hybridized carbons (Fsp3) is 0.633. The third kappa shape index (κ3) is 4.71. The summed E-state index contributed by atoms with van der Waals surface area (Å²) in [6.07, 6.45) is 6.99. The number of ketones is 3. The van der Waals surface area contributed by atoms with Gasteiger partial charge in [0.25, 0.3) is 0 Å². The molecule has 4 aliphatic carbocycles. The highest BCUT2D eigenvalue weighted by Gasteiger charge is 2.67. The minimum atomic E-state index is -2.58. The van der Waals surface area contributed by atoms with Crippen molar-refractivity contribution in [2.24, 2.45) is 35.3 Å². The Morgan fingerprint density at radius 1 is 1.20 bits per heavy atom. The molecule has 0 bridgehead atoms. The van der Waals surface area contributed by atoms with Gasteiger partial charge in [-0.25, -0.2) is 4.39 Å². The molecule has 6 N–H and O–H groups in total. The van der Waals surface area contributed by atoms with Crippen LogP contribution in [0.4, 0.5) is 4.39 Å². The third-order valence-corrected chi connectivity index (χ3v) is 9.85. The van der Waals surface area contributed by atoms with Crippen LogP contribution < -0.4 is 11.1 Å². The summed E-state index contributed by atoms with van der Waals surface area (Å²) < 4.78 is 15.9. The number of phenols is 1. The molecule has 10 nitrogen and oxygen atoms in total. The lowest BCUT2D eigenvalue weighted by Gasteiger charge is -2.53. The number of carbonyl (C=O) groups is 4. The van der Waals surface area contributed by atoms with Gasteiger partial charge >= 0.3 is 0 Å². The number of aliphatic hydroxyl groups is 1. The first-order chi connectivity index (χ1) is 19.4. The Morgan fingerprint density at radius 2 is 1.85 bits per heavy atom.